The highest BCUT2D eigenvalue weighted by atomic mass is 19.1. The normalized spacial score (nSPS) is 19.8. The molecule has 33 heavy (non-hydrogen) atoms. The van der Waals surface area contributed by atoms with Crippen molar-refractivity contribution in [3.05, 3.63) is 72.0 Å². The van der Waals surface area contributed by atoms with Crippen LogP contribution in [0.3, 0.4) is 0 Å². The highest BCUT2D eigenvalue weighted by Gasteiger charge is 2.30. The van der Waals surface area contributed by atoms with Crippen molar-refractivity contribution in [2.45, 2.75) is 19.4 Å². The zero-order valence-corrected chi connectivity index (χ0v) is 18.7. The fourth-order valence-electron chi connectivity index (χ4n) is 4.62. The lowest BCUT2D eigenvalue weighted by molar-refractivity contribution is 0.0648. The summed E-state index contributed by atoms with van der Waals surface area (Å²) in [5.74, 6) is -0.383. The van der Waals surface area contributed by atoms with Gasteiger partial charge in [0.05, 0.1) is 35.8 Å². The van der Waals surface area contributed by atoms with Gasteiger partial charge in [0.25, 0.3) is 0 Å². The van der Waals surface area contributed by atoms with E-state index in [4.69, 9.17) is 9.47 Å². The summed E-state index contributed by atoms with van der Waals surface area (Å²) in [4.78, 5) is 20.0. The van der Waals surface area contributed by atoms with Gasteiger partial charge in [-0.05, 0) is 37.6 Å². The average Bonchev–Trinajstić information content (AvgIpc) is 2.86. The number of ether oxygens (including phenoxy) is 2. The number of nitrogens with zero attached hydrogens (tertiary/aromatic N) is 5. The fraction of sp³-hybridized carbons (Fsp3) is 0.360. The number of aryl methyl sites for hydroxylation is 1. The summed E-state index contributed by atoms with van der Waals surface area (Å²) in [5.41, 5.74) is 4.62. The van der Waals surface area contributed by atoms with Gasteiger partial charge in [-0.1, -0.05) is 6.08 Å². The number of morpholine rings is 1. The molecule has 2 aliphatic rings. The Hall–Kier alpha value is -3.23. The lowest BCUT2D eigenvalue weighted by Gasteiger charge is -2.29. The minimum atomic E-state index is -0.334. The van der Waals surface area contributed by atoms with Crippen LogP contribution in [-0.4, -0.2) is 53.3 Å². The molecule has 170 valence electrons. The number of anilines is 1. The van der Waals surface area contributed by atoms with Gasteiger partial charge in [0.2, 0.25) is 0 Å². The summed E-state index contributed by atoms with van der Waals surface area (Å²) >= 11 is 0. The molecule has 1 fully saturated rings. The largest absolute Gasteiger partial charge is 0.378 e. The van der Waals surface area contributed by atoms with Crippen LogP contribution < -0.4 is 4.90 Å². The van der Waals surface area contributed by atoms with Crippen LogP contribution >= 0.6 is 0 Å². The summed E-state index contributed by atoms with van der Waals surface area (Å²) < 4.78 is 26.4. The van der Waals surface area contributed by atoms with Gasteiger partial charge >= 0.3 is 0 Å². The zero-order chi connectivity index (χ0) is 22.8. The second kappa shape index (κ2) is 9.33. The first-order valence-electron chi connectivity index (χ1n) is 11.1. The van der Waals surface area contributed by atoms with Crippen molar-refractivity contribution in [2.75, 3.05) is 38.3 Å². The third kappa shape index (κ3) is 4.24. The third-order valence-corrected chi connectivity index (χ3v) is 6.33. The zero-order valence-electron chi connectivity index (χ0n) is 18.7. The van der Waals surface area contributed by atoms with E-state index in [1.165, 1.54) is 12.4 Å². The van der Waals surface area contributed by atoms with E-state index in [9.17, 15) is 0 Å². The molecule has 0 bridgehead atoms. The van der Waals surface area contributed by atoms with Gasteiger partial charge in [0.1, 0.15) is 18.3 Å². The summed E-state index contributed by atoms with van der Waals surface area (Å²) in [6.45, 7) is 5.02. The molecule has 1 aromatic carbocycles. The maximum absolute atomic E-state index is 15.1. The predicted octanol–water partition coefficient (Wildman–Crippen LogP) is 4.21. The number of allylic oxidation sites excluding steroid dienone is 3. The number of rotatable bonds is 5. The van der Waals surface area contributed by atoms with Crippen molar-refractivity contribution in [1.82, 2.24) is 19.9 Å². The molecule has 0 spiro atoms. The SMILES string of the molecule is COC(c1nccnc1C)C1C=CC(F)=C(c2ncnc3cc(N4CCOCC4)ccc23)C1. The minimum absolute atomic E-state index is 0.0995. The van der Waals surface area contributed by atoms with E-state index in [1.807, 2.05) is 25.1 Å². The number of benzene rings is 1. The van der Waals surface area contributed by atoms with Crippen molar-refractivity contribution < 1.29 is 13.9 Å². The van der Waals surface area contributed by atoms with Crippen LogP contribution in [0.25, 0.3) is 16.5 Å². The van der Waals surface area contributed by atoms with Gasteiger partial charge in [-0.15, -0.1) is 0 Å². The van der Waals surface area contributed by atoms with E-state index in [0.717, 1.165) is 41.1 Å². The highest BCUT2D eigenvalue weighted by Crippen LogP contribution is 2.40. The van der Waals surface area contributed by atoms with Crippen LogP contribution in [0.15, 0.2) is 54.9 Å². The molecule has 5 rings (SSSR count). The molecule has 0 N–H and O–H groups in total. The Morgan fingerprint density at radius 2 is 1.94 bits per heavy atom. The van der Waals surface area contributed by atoms with Crippen molar-refractivity contribution in [2.24, 2.45) is 5.92 Å². The molecule has 8 heteroatoms. The van der Waals surface area contributed by atoms with E-state index in [-0.39, 0.29) is 17.8 Å². The molecule has 2 unspecified atom stereocenters. The molecule has 3 aromatic rings. The first-order valence-corrected chi connectivity index (χ1v) is 11.1. The van der Waals surface area contributed by atoms with Crippen molar-refractivity contribution >= 4 is 22.2 Å². The maximum atomic E-state index is 15.1. The monoisotopic (exact) mass is 447 g/mol. The smallest absolute Gasteiger partial charge is 0.128 e. The van der Waals surface area contributed by atoms with Crippen LogP contribution in [0, 0.1) is 12.8 Å². The topological polar surface area (TPSA) is 73.3 Å². The van der Waals surface area contributed by atoms with Crippen LogP contribution in [-0.2, 0) is 9.47 Å². The van der Waals surface area contributed by atoms with Crippen molar-refractivity contribution in [3.8, 4) is 0 Å². The van der Waals surface area contributed by atoms with E-state index in [2.05, 4.69) is 30.9 Å². The van der Waals surface area contributed by atoms with E-state index in [1.54, 1.807) is 19.5 Å². The molecule has 1 saturated heterocycles. The Bertz CT molecular complexity index is 1220. The number of hydrogen-bond donors (Lipinski definition) is 0. The number of hydrogen-bond acceptors (Lipinski definition) is 7. The second-order valence-electron chi connectivity index (χ2n) is 8.26. The van der Waals surface area contributed by atoms with Crippen molar-refractivity contribution in [1.29, 1.82) is 0 Å². The molecule has 7 nitrogen and oxygen atoms in total. The molecule has 0 amide bonds. The Morgan fingerprint density at radius 1 is 1.12 bits per heavy atom. The van der Waals surface area contributed by atoms with Crippen LogP contribution in [0.4, 0.5) is 10.1 Å². The molecular formula is C25H26FN5O2. The lowest BCUT2D eigenvalue weighted by atomic mass is 9.85. The molecule has 0 saturated carbocycles. The number of methoxy groups -OCH3 is 1. The third-order valence-electron chi connectivity index (χ3n) is 6.33. The lowest BCUT2D eigenvalue weighted by Crippen LogP contribution is -2.36. The van der Waals surface area contributed by atoms with E-state index >= 15 is 4.39 Å². The molecule has 1 aliphatic heterocycles. The molecule has 2 atom stereocenters. The van der Waals surface area contributed by atoms with E-state index in [0.29, 0.717) is 30.9 Å². The number of fused-ring (bicyclic) bond motifs is 1. The quantitative estimate of drug-likeness (QED) is 0.580. The molecule has 3 heterocycles. The fourth-order valence-corrected chi connectivity index (χ4v) is 4.62. The van der Waals surface area contributed by atoms with Gasteiger partial charge < -0.3 is 14.4 Å². The highest BCUT2D eigenvalue weighted by molar-refractivity contribution is 5.92. The average molecular weight is 448 g/mol. The molecular weight excluding hydrogens is 421 g/mol. The summed E-state index contributed by atoms with van der Waals surface area (Å²) in [7, 11) is 1.65. The standard InChI is InChI=1S/C25H26FN5O2/c1-16-23(28-8-7-27-16)25(32-2)17-3-6-21(26)20(13-17)24-19-5-4-18(14-22(19)29-15-30-24)31-9-11-33-12-10-31/h3-8,14-15,17,25H,9-13H2,1-2H3. The molecule has 1 aliphatic carbocycles. The Kier molecular flexibility index (Phi) is 6.11. The van der Waals surface area contributed by atoms with Gasteiger partial charge in [-0.2, -0.15) is 0 Å². The van der Waals surface area contributed by atoms with Crippen LogP contribution in [0.5, 0.6) is 0 Å². The molecule has 2 aromatic heterocycles. The Balaban J connectivity index is 1.48. The summed E-state index contributed by atoms with van der Waals surface area (Å²) in [6, 6.07) is 6.08. The summed E-state index contributed by atoms with van der Waals surface area (Å²) in [6.07, 6.45) is 8.29. The first kappa shape index (κ1) is 21.6. The van der Waals surface area contributed by atoms with Crippen LogP contribution in [0.1, 0.15) is 29.6 Å². The first-order chi connectivity index (χ1) is 16.2. The Morgan fingerprint density at radius 3 is 2.73 bits per heavy atom. The second-order valence-corrected chi connectivity index (χ2v) is 8.26. The Labute approximate surface area is 192 Å². The molecule has 0 radical (unpaired) electrons. The van der Waals surface area contributed by atoms with Gasteiger partial charge in [0.15, 0.2) is 0 Å². The maximum Gasteiger partial charge on any atom is 0.128 e. The number of aromatic nitrogens is 4. The van der Waals surface area contributed by atoms with Gasteiger partial charge in [0, 0.05) is 55.2 Å². The van der Waals surface area contributed by atoms with Crippen LogP contribution in [0.2, 0.25) is 0 Å². The van der Waals surface area contributed by atoms with Crippen molar-refractivity contribution in [3.63, 3.8) is 0 Å². The number of halogens is 1. The summed E-state index contributed by atoms with van der Waals surface area (Å²) in [5, 5.41) is 0.832. The van der Waals surface area contributed by atoms with Gasteiger partial charge in [-0.25, -0.2) is 14.4 Å². The van der Waals surface area contributed by atoms with E-state index < -0.39 is 0 Å². The minimum Gasteiger partial charge on any atom is -0.378 e. The van der Waals surface area contributed by atoms with Gasteiger partial charge in [-0.3, -0.25) is 9.97 Å². The predicted molar refractivity (Wildman–Crippen MR) is 124 cm³/mol.